The quantitative estimate of drug-likeness (QED) is 0.362. The van der Waals surface area contributed by atoms with E-state index in [1.807, 2.05) is 0 Å². The molecule has 0 fully saturated rings. The van der Waals surface area contributed by atoms with Crippen LogP contribution >= 0.6 is 15.9 Å². The standard InChI is InChI=1S/C9H7BrN2O3/c1-6-7(3-2-4-10)5-11-9(13)8(6)12(14)15/h5H,4H2,1H3,(H,11,13). The minimum absolute atomic E-state index is 0.289. The number of halogens is 1. The third-order valence-electron chi connectivity index (χ3n) is 1.79. The maximum atomic E-state index is 11.2. The third kappa shape index (κ3) is 2.44. The Bertz CT molecular complexity index is 510. The van der Waals surface area contributed by atoms with Crippen LogP contribution in [-0.4, -0.2) is 15.2 Å². The number of pyridine rings is 1. The van der Waals surface area contributed by atoms with Gasteiger partial charge in [0, 0.05) is 11.8 Å². The van der Waals surface area contributed by atoms with Crippen molar-refractivity contribution < 1.29 is 4.92 Å². The highest BCUT2D eigenvalue weighted by Crippen LogP contribution is 2.14. The Labute approximate surface area is 93.8 Å². The Kier molecular flexibility index (Phi) is 3.63. The molecule has 0 aliphatic heterocycles. The van der Waals surface area contributed by atoms with Gasteiger partial charge in [-0.05, 0) is 6.92 Å². The fraction of sp³-hybridized carbons (Fsp3) is 0.222. The van der Waals surface area contributed by atoms with E-state index in [0.717, 1.165) is 0 Å². The molecule has 0 bridgehead atoms. The molecule has 6 heteroatoms. The van der Waals surface area contributed by atoms with Crippen LogP contribution in [0, 0.1) is 28.9 Å². The molecule has 1 rings (SSSR count). The molecule has 1 heterocycles. The van der Waals surface area contributed by atoms with Gasteiger partial charge in [0.1, 0.15) is 0 Å². The summed E-state index contributed by atoms with van der Waals surface area (Å²) in [5, 5.41) is 11.1. The van der Waals surface area contributed by atoms with E-state index in [4.69, 9.17) is 0 Å². The van der Waals surface area contributed by atoms with E-state index in [9.17, 15) is 14.9 Å². The summed E-state index contributed by atoms with van der Waals surface area (Å²) in [5.41, 5.74) is -0.406. The fourth-order valence-electron chi connectivity index (χ4n) is 1.09. The molecule has 1 N–H and O–H groups in total. The molecule has 0 saturated carbocycles. The van der Waals surface area contributed by atoms with Crippen molar-refractivity contribution >= 4 is 21.6 Å². The molecule has 0 saturated heterocycles. The number of H-pyrrole nitrogens is 1. The fourth-order valence-corrected chi connectivity index (χ4v) is 1.23. The Balaban J connectivity index is 3.41. The Morgan fingerprint density at radius 1 is 1.67 bits per heavy atom. The number of rotatable bonds is 1. The predicted octanol–water partition coefficient (Wildman–Crippen LogP) is 1.34. The lowest BCUT2D eigenvalue weighted by Gasteiger charge is -1.97. The number of aromatic amines is 1. The lowest BCUT2D eigenvalue weighted by molar-refractivity contribution is -0.386. The summed E-state index contributed by atoms with van der Waals surface area (Å²) in [6.07, 6.45) is 1.38. The molecule has 0 amide bonds. The minimum Gasteiger partial charge on any atom is -0.322 e. The Morgan fingerprint density at radius 3 is 2.87 bits per heavy atom. The SMILES string of the molecule is Cc1c(C#CCBr)c[nH]c(=O)c1[N+](=O)[O-]. The van der Waals surface area contributed by atoms with Crippen LogP contribution in [0.4, 0.5) is 5.69 Å². The number of hydrogen-bond acceptors (Lipinski definition) is 3. The van der Waals surface area contributed by atoms with E-state index >= 15 is 0 Å². The van der Waals surface area contributed by atoms with Crippen LogP contribution in [-0.2, 0) is 0 Å². The predicted molar refractivity (Wildman–Crippen MR) is 59.1 cm³/mol. The second-order valence-electron chi connectivity index (χ2n) is 2.70. The molecule has 78 valence electrons. The van der Waals surface area contributed by atoms with Crippen molar-refractivity contribution in [1.82, 2.24) is 4.98 Å². The van der Waals surface area contributed by atoms with Crippen molar-refractivity contribution in [3.05, 3.63) is 37.8 Å². The number of nitrogens with one attached hydrogen (secondary N) is 1. The first-order chi connectivity index (χ1) is 7.07. The van der Waals surface area contributed by atoms with Crippen molar-refractivity contribution in [2.24, 2.45) is 0 Å². The van der Waals surface area contributed by atoms with Crippen LogP contribution in [0.25, 0.3) is 0 Å². The van der Waals surface area contributed by atoms with E-state index in [2.05, 4.69) is 32.8 Å². The van der Waals surface area contributed by atoms with Gasteiger partial charge in [-0.3, -0.25) is 14.9 Å². The summed E-state index contributed by atoms with van der Waals surface area (Å²) in [6.45, 7) is 1.51. The molecule has 0 spiro atoms. The number of hydrogen-bond donors (Lipinski definition) is 1. The van der Waals surface area contributed by atoms with Gasteiger partial charge < -0.3 is 4.98 Å². The molecule has 5 nitrogen and oxygen atoms in total. The summed E-state index contributed by atoms with van der Waals surface area (Å²) >= 11 is 3.11. The van der Waals surface area contributed by atoms with Crippen LogP contribution in [0.1, 0.15) is 11.1 Å². The highest BCUT2D eigenvalue weighted by molar-refractivity contribution is 9.09. The average Bonchev–Trinajstić information content (AvgIpc) is 2.16. The Morgan fingerprint density at radius 2 is 2.33 bits per heavy atom. The largest absolute Gasteiger partial charge is 0.337 e. The maximum Gasteiger partial charge on any atom is 0.337 e. The van der Waals surface area contributed by atoms with Gasteiger partial charge in [0.05, 0.1) is 15.8 Å². The van der Waals surface area contributed by atoms with E-state index in [1.165, 1.54) is 13.1 Å². The van der Waals surface area contributed by atoms with Crippen molar-refractivity contribution in [3.8, 4) is 11.8 Å². The summed E-state index contributed by atoms with van der Waals surface area (Å²) in [7, 11) is 0. The second kappa shape index (κ2) is 4.75. The zero-order valence-electron chi connectivity index (χ0n) is 7.83. The highest BCUT2D eigenvalue weighted by Gasteiger charge is 2.18. The van der Waals surface area contributed by atoms with Crippen LogP contribution in [0.5, 0.6) is 0 Å². The van der Waals surface area contributed by atoms with E-state index in [-0.39, 0.29) is 5.56 Å². The Hall–Kier alpha value is -1.61. The molecule has 0 radical (unpaired) electrons. The van der Waals surface area contributed by atoms with Gasteiger partial charge in [0.25, 0.3) is 0 Å². The topological polar surface area (TPSA) is 76.0 Å². The van der Waals surface area contributed by atoms with Crippen LogP contribution in [0.2, 0.25) is 0 Å². The second-order valence-corrected chi connectivity index (χ2v) is 3.26. The number of alkyl halides is 1. The zero-order valence-corrected chi connectivity index (χ0v) is 9.42. The monoisotopic (exact) mass is 270 g/mol. The van der Waals surface area contributed by atoms with E-state index in [0.29, 0.717) is 10.9 Å². The van der Waals surface area contributed by atoms with E-state index < -0.39 is 16.2 Å². The molecular weight excluding hydrogens is 264 g/mol. The van der Waals surface area contributed by atoms with Crippen LogP contribution in [0.15, 0.2) is 11.0 Å². The van der Waals surface area contributed by atoms with Gasteiger partial charge in [-0.15, -0.1) is 0 Å². The first-order valence-corrected chi connectivity index (χ1v) is 5.11. The van der Waals surface area contributed by atoms with E-state index in [1.54, 1.807) is 0 Å². The molecule has 0 atom stereocenters. The molecule has 0 aliphatic carbocycles. The summed E-state index contributed by atoms with van der Waals surface area (Å²) in [4.78, 5) is 23.3. The van der Waals surface area contributed by atoms with Crippen LogP contribution < -0.4 is 5.56 Å². The van der Waals surface area contributed by atoms with Gasteiger partial charge in [-0.25, -0.2) is 0 Å². The van der Waals surface area contributed by atoms with Gasteiger partial charge in [-0.1, -0.05) is 27.8 Å². The first-order valence-electron chi connectivity index (χ1n) is 3.99. The lowest BCUT2D eigenvalue weighted by atomic mass is 10.1. The number of aromatic nitrogens is 1. The summed E-state index contributed by atoms with van der Waals surface area (Å²) in [5.74, 6) is 5.43. The minimum atomic E-state index is -0.707. The van der Waals surface area contributed by atoms with Gasteiger partial charge in [0.2, 0.25) is 0 Å². The van der Waals surface area contributed by atoms with Gasteiger partial charge in [-0.2, -0.15) is 0 Å². The molecule has 0 unspecified atom stereocenters. The molecule has 1 aromatic heterocycles. The number of nitrogens with zero attached hydrogens (tertiary/aromatic N) is 1. The molecule has 1 aromatic rings. The third-order valence-corrected chi connectivity index (χ3v) is 2.07. The summed E-state index contributed by atoms with van der Waals surface area (Å²) in [6, 6.07) is 0. The molecular formula is C9H7BrN2O3. The van der Waals surface area contributed by atoms with Crippen molar-refractivity contribution in [3.63, 3.8) is 0 Å². The van der Waals surface area contributed by atoms with Gasteiger partial charge in [0.15, 0.2) is 0 Å². The van der Waals surface area contributed by atoms with Gasteiger partial charge >= 0.3 is 11.2 Å². The van der Waals surface area contributed by atoms with Crippen molar-refractivity contribution in [1.29, 1.82) is 0 Å². The molecule has 15 heavy (non-hydrogen) atoms. The van der Waals surface area contributed by atoms with Crippen molar-refractivity contribution in [2.75, 3.05) is 5.33 Å². The number of nitro groups is 1. The van der Waals surface area contributed by atoms with Crippen LogP contribution in [0.3, 0.4) is 0 Å². The normalized spacial score (nSPS) is 9.20. The molecule has 0 aromatic carbocycles. The smallest absolute Gasteiger partial charge is 0.322 e. The van der Waals surface area contributed by atoms with Crippen molar-refractivity contribution in [2.45, 2.75) is 6.92 Å². The first kappa shape index (κ1) is 11.5. The average molecular weight is 271 g/mol. The lowest BCUT2D eigenvalue weighted by Crippen LogP contribution is -2.13. The summed E-state index contributed by atoms with van der Waals surface area (Å²) < 4.78 is 0. The highest BCUT2D eigenvalue weighted by atomic mass is 79.9. The maximum absolute atomic E-state index is 11.2. The zero-order chi connectivity index (χ0) is 11.4. The molecule has 0 aliphatic rings.